The molecule has 3 N–H and O–H groups in total. The summed E-state index contributed by atoms with van der Waals surface area (Å²) in [6.07, 6.45) is 2.87. The standard InChI is InChI=1S/C9H22NO3P/c1-4-6-7-9(10)14(11,12)13-8(3)5-2/h8-9H,4-7,10H2,1-3H3,(H,11,12). The zero-order valence-corrected chi connectivity index (χ0v) is 10.2. The summed E-state index contributed by atoms with van der Waals surface area (Å²) in [5.41, 5.74) is 5.60. The van der Waals surface area contributed by atoms with E-state index in [9.17, 15) is 9.46 Å². The molecular formula is C9H22NO3P. The molecule has 3 atom stereocenters. The topological polar surface area (TPSA) is 72.6 Å². The van der Waals surface area contributed by atoms with Crippen LogP contribution in [-0.2, 0) is 9.09 Å². The molecule has 0 aromatic heterocycles. The van der Waals surface area contributed by atoms with Gasteiger partial charge in [0.25, 0.3) is 0 Å². The van der Waals surface area contributed by atoms with Crippen LogP contribution in [-0.4, -0.2) is 16.8 Å². The molecule has 0 spiro atoms. The number of hydrogen-bond acceptors (Lipinski definition) is 3. The molecule has 5 heteroatoms. The van der Waals surface area contributed by atoms with Crippen LogP contribution >= 0.6 is 7.60 Å². The van der Waals surface area contributed by atoms with Gasteiger partial charge < -0.3 is 15.2 Å². The van der Waals surface area contributed by atoms with E-state index in [0.717, 1.165) is 12.8 Å². The van der Waals surface area contributed by atoms with Crippen molar-refractivity contribution >= 4 is 7.60 Å². The average Bonchev–Trinajstić information content (AvgIpc) is 2.13. The number of hydrogen-bond donors (Lipinski definition) is 2. The Balaban J connectivity index is 4.09. The van der Waals surface area contributed by atoms with Crippen molar-refractivity contribution < 1.29 is 14.0 Å². The lowest BCUT2D eigenvalue weighted by molar-refractivity contribution is 0.179. The Morgan fingerprint density at radius 2 is 2.07 bits per heavy atom. The summed E-state index contributed by atoms with van der Waals surface area (Å²) in [4.78, 5) is 9.52. The molecule has 4 nitrogen and oxygen atoms in total. The van der Waals surface area contributed by atoms with Crippen LogP contribution in [0.25, 0.3) is 0 Å². The third-order valence-corrected chi connectivity index (χ3v) is 3.94. The zero-order chi connectivity index (χ0) is 11.2. The van der Waals surface area contributed by atoms with E-state index in [-0.39, 0.29) is 6.10 Å². The molecule has 0 aromatic rings. The second-order valence-electron chi connectivity index (χ2n) is 3.60. The Labute approximate surface area is 86.4 Å². The van der Waals surface area contributed by atoms with Gasteiger partial charge >= 0.3 is 7.60 Å². The second kappa shape index (κ2) is 6.57. The number of unbranched alkanes of at least 4 members (excludes halogenated alkanes) is 1. The van der Waals surface area contributed by atoms with Crippen molar-refractivity contribution in [2.75, 3.05) is 0 Å². The first-order valence-corrected chi connectivity index (χ1v) is 6.85. The Bertz CT molecular complexity index is 198. The first kappa shape index (κ1) is 14.1. The quantitative estimate of drug-likeness (QED) is 0.650. The van der Waals surface area contributed by atoms with Gasteiger partial charge in [0.05, 0.1) is 6.10 Å². The summed E-state index contributed by atoms with van der Waals surface area (Å²) in [7, 11) is -3.61. The minimum atomic E-state index is -3.61. The highest BCUT2D eigenvalue weighted by molar-refractivity contribution is 7.53. The molecule has 0 amide bonds. The molecule has 0 heterocycles. The molecule has 0 saturated heterocycles. The summed E-state index contributed by atoms with van der Waals surface area (Å²) in [5, 5.41) is 0. The molecule has 0 fully saturated rings. The van der Waals surface area contributed by atoms with E-state index in [2.05, 4.69) is 0 Å². The Kier molecular flexibility index (Phi) is 6.62. The minimum Gasteiger partial charge on any atom is -0.323 e. The van der Waals surface area contributed by atoms with Crippen molar-refractivity contribution in [2.24, 2.45) is 5.73 Å². The van der Waals surface area contributed by atoms with E-state index < -0.39 is 13.4 Å². The summed E-state index contributed by atoms with van der Waals surface area (Å²) in [6.45, 7) is 5.70. The van der Waals surface area contributed by atoms with Crippen LogP contribution in [0, 0.1) is 0 Å². The van der Waals surface area contributed by atoms with Crippen LogP contribution < -0.4 is 5.73 Å². The minimum absolute atomic E-state index is 0.210. The molecule has 0 bridgehead atoms. The summed E-state index contributed by atoms with van der Waals surface area (Å²) in [6, 6.07) is 0. The lowest BCUT2D eigenvalue weighted by Crippen LogP contribution is -2.23. The average molecular weight is 223 g/mol. The molecule has 0 rings (SSSR count). The fourth-order valence-electron chi connectivity index (χ4n) is 0.987. The fourth-order valence-corrected chi connectivity index (χ4v) is 2.32. The van der Waals surface area contributed by atoms with Gasteiger partial charge in [-0.2, -0.15) is 0 Å². The molecular weight excluding hydrogens is 201 g/mol. The third-order valence-electron chi connectivity index (χ3n) is 2.18. The largest absolute Gasteiger partial charge is 0.344 e. The summed E-state index contributed by atoms with van der Waals surface area (Å²) >= 11 is 0. The predicted molar refractivity (Wildman–Crippen MR) is 58.2 cm³/mol. The van der Waals surface area contributed by atoms with Gasteiger partial charge in [0.2, 0.25) is 0 Å². The van der Waals surface area contributed by atoms with Crippen LogP contribution in [0.4, 0.5) is 0 Å². The van der Waals surface area contributed by atoms with Crippen LogP contribution in [0.5, 0.6) is 0 Å². The van der Waals surface area contributed by atoms with E-state index in [4.69, 9.17) is 10.3 Å². The van der Waals surface area contributed by atoms with Crippen molar-refractivity contribution in [2.45, 2.75) is 58.3 Å². The van der Waals surface area contributed by atoms with Gasteiger partial charge in [-0.3, -0.25) is 4.57 Å². The smallest absolute Gasteiger partial charge is 0.323 e. The van der Waals surface area contributed by atoms with Crippen molar-refractivity contribution in [1.29, 1.82) is 0 Å². The van der Waals surface area contributed by atoms with Crippen LogP contribution in [0.1, 0.15) is 46.5 Å². The molecule has 86 valence electrons. The Morgan fingerprint density at radius 3 is 2.50 bits per heavy atom. The van der Waals surface area contributed by atoms with E-state index in [1.807, 2.05) is 13.8 Å². The lowest BCUT2D eigenvalue weighted by Gasteiger charge is -2.21. The normalized spacial score (nSPS) is 20.1. The summed E-state index contributed by atoms with van der Waals surface area (Å²) < 4.78 is 16.6. The maximum atomic E-state index is 11.6. The van der Waals surface area contributed by atoms with Gasteiger partial charge in [0, 0.05) is 0 Å². The monoisotopic (exact) mass is 223 g/mol. The zero-order valence-electron chi connectivity index (χ0n) is 9.27. The Morgan fingerprint density at radius 1 is 1.50 bits per heavy atom. The summed E-state index contributed by atoms with van der Waals surface area (Å²) in [5.74, 6) is -0.739. The van der Waals surface area contributed by atoms with Gasteiger partial charge in [0.1, 0.15) is 5.78 Å². The molecule has 0 aliphatic heterocycles. The highest BCUT2D eigenvalue weighted by Gasteiger charge is 2.30. The molecule has 0 radical (unpaired) electrons. The van der Waals surface area contributed by atoms with E-state index in [1.54, 1.807) is 6.92 Å². The van der Waals surface area contributed by atoms with Crippen molar-refractivity contribution in [3.63, 3.8) is 0 Å². The SMILES string of the molecule is CCCCC(N)P(=O)(O)OC(C)CC. The van der Waals surface area contributed by atoms with Gasteiger partial charge in [-0.1, -0.05) is 26.7 Å². The van der Waals surface area contributed by atoms with Crippen molar-refractivity contribution in [3.8, 4) is 0 Å². The van der Waals surface area contributed by atoms with Crippen molar-refractivity contribution in [3.05, 3.63) is 0 Å². The predicted octanol–water partition coefficient (Wildman–Crippen LogP) is 2.46. The van der Waals surface area contributed by atoms with Gasteiger partial charge in [-0.05, 0) is 19.8 Å². The maximum absolute atomic E-state index is 11.6. The van der Waals surface area contributed by atoms with E-state index >= 15 is 0 Å². The fraction of sp³-hybridized carbons (Fsp3) is 1.00. The first-order chi connectivity index (χ1) is 6.44. The third kappa shape index (κ3) is 5.11. The Hall–Kier alpha value is 0.110. The molecule has 0 aromatic carbocycles. The molecule has 3 unspecified atom stereocenters. The van der Waals surface area contributed by atoms with Crippen molar-refractivity contribution in [1.82, 2.24) is 0 Å². The van der Waals surface area contributed by atoms with E-state index in [0.29, 0.717) is 12.8 Å². The van der Waals surface area contributed by atoms with Gasteiger partial charge in [-0.15, -0.1) is 0 Å². The lowest BCUT2D eigenvalue weighted by atomic mass is 10.2. The second-order valence-corrected chi connectivity index (χ2v) is 5.60. The van der Waals surface area contributed by atoms with E-state index in [1.165, 1.54) is 0 Å². The maximum Gasteiger partial charge on any atom is 0.344 e. The number of rotatable bonds is 7. The van der Waals surface area contributed by atoms with Crippen LogP contribution in [0.3, 0.4) is 0 Å². The first-order valence-electron chi connectivity index (χ1n) is 5.20. The highest BCUT2D eigenvalue weighted by Crippen LogP contribution is 2.48. The molecule has 0 saturated carbocycles. The van der Waals surface area contributed by atoms with Crippen LogP contribution in [0.15, 0.2) is 0 Å². The molecule has 0 aliphatic carbocycles. The van der Waals surface area contributed by atoms with Gasteiger partial charge in [0.15, 0.2) is 0 Å². The van der Waals surface area contributed by atoms with Crippen LogP contribution in [0.2, 0.25) is 0 Å². The molecule has 0 aliphatic rings. The van der Waals surface area contributed by atoms with Gasteiger partial charge in [-0.25, -0.2) is 0 Å². The number of nitrogens with two attached hydrogens (primary N) is 1. The molecule has 14 heavy (non-hydrogen) atoms. The highest BCUT2D eigenvalue weighted by atomic mass is 31.2.